The fourth-order valence-corrected chi connectivity index (χ4v) is 2.54. The van der Waals surface area contributed by atoms with Gasteiger partial charge in [-0.2, -0.15) is 13.2 Å². The van der Waals surface area contributed by atoms with Gasteiger partial charge in [0.15, 0.2) is 0 Å². The molecule has 0 bridgehead atoms. The number of sulfonamides is 1. The highest BCUT2D eigenvalue weighted by molar-refractivity contribution is 7.89. The quantitative estimate of drug-likeness (QED) is 0.885. The number of nitrogens with zero attached hydrogens (tertiary/aromatic N) is 3. The van der Waals surface area contributed by atoms with Gasteiger partial charge in [-0.15, -0.1) is 5.10 Å². The second kappa shape index (κ2) is 6.52. The molecule has 0 atom stereocenters. The van der Waals surface area contributed by atoms with Crippen LogP contribution in [0.4, 0.5) is 13.2 Å². The third-order valence-electron chi connectivity index (χ3n) is 3.28. The fraction of sp³-hybridized carbons (Fsp3) is 0.429. The molecule has 0 aliphatic rings. The number of alkyl halides is 3. The van der Waals surface area contributed by atoms with Crippen LogP contribution in [0, 0.1) is 5.92 Å². The molecular formula is C14H17F3N4O2S. The SMILES string of the molecule is CC(C)CCc1nc(C(F)(F)F)nn1-c1ccc(S(N)(=O)=O)cc1. The molecule has 2 N–H and O–H groups in total. The normalized spacial score (nSPS) is 12.8. The molecule has 0 saturated carbocycles. The molecule has 0 saturated heterocycles. The van der Waals surface area contributed by atoms with Gasteiger partial charge in [-0.05, 0) is 36.6 Å². The van der Waals surface area contributed by atoms with Crippen LogP contribution in [0.2, 0.25) is 0 Å². The number of hydrogen-bond acceptors (Lipinski definition) is 4. The van der Waals surface area contributed by atoms with Gasteiger partial charge in [-0.25, -0.2) is 23.2 Å². The Bertz CT molecular complexity index is 812. The van der Waals surface area contributed by atoms with Gasteiger partial charge in [-0.3, -0.25) is 0 Å². The smallest absolute Gasteiger partial charge is 0.225 e. The second-order valence-corrected chi connectivity index (χ2v) is 7.29. The Kier molecular flexibility index (Phi) is 5.00. The highest BCUT2D eigenvalue weighted by Gasteiger charge is 2.37. The van der Waals surface area contributed by atoms with Crippen molar-refractivity contribution in [1.82, 2.24) is 14.8 Å². The average Bonchev–Trinajstić information content (AvgIpc) is 2.88. The topological polar surface area (TPSA) is 90.9 Å². The van der Waals surface area contributed by atoms with E-state index in [9.17, 15) is 21.6 Å². The van der Waals surface area contributed by atoms with E-state index in [1.165, 1.54) is 24.3 Å². The van der Waals surface area contributed by atoms with Crippen LogP contribution in [-0.4, -0.2) is 23.2 Å². The summed E-state index contributed by atoms with van der Waals surface area (Å²) < 4.78 is 62.2. The van der Waals surface area contributed by atoms with Crippen LogP contribution < -0.4 is 5.14 Å². The molecule has 132 valence electrons. The fourth-order valence-electron chi connectivity index (χ4n) is 2.03. The third kappa shape index (κ3) is 4.32. The summed E-state index contributed by atoms with van der Waals surface area (Å²) in [6.07, 6.45) is -3.69. The number of nitrogens with two attached hydrogens (primary N) is 1. The van der Waals surface area contributed by atoms with Crippen molar-refractivity contribution in [3.05, 3.63) is 35.9 Å². The predicted octanol–water partition coefficient (Wildman–Crippen LogP) is 2.52. The summed E-state index contributed by atoms with van der Waals surface area (Å²) in [6, 6.07) is 5.11. The van der Waals surface area contributed by atoms with Crippen LogP contribution in [0.25, 0.3) is 5.69 Å². The maximum Gasteiger partial charge on any atom is 0.453 e. The van der Waals surface area contributed by atoms with Gasteiger partial charge in [0, 0.05) is 6.42 Å². The van der Waals surface area contributed by atoms with Crippen molar-refractivity contribution in [3.63, 3.8) is 0 Å². The van der Waals surface area contributed by atoms with E-state index in [2.05, 4.69) is 10.1 Å². The zero-order valence-electron chi connectivity index (χ0n) is 13.1. The van der Waals surface area contributed by atoms with E-state index < -0.39 is 22.0 Å². The van der Waals surface area contributed by atoms with Crippen molar-refractivity contribution in [2.75, 3.05) is 0 Å². The first-order valence-electron chi connectivity index (χ1n) is 7.15. The number of hydrogen-bond donors (Lipinski definition) is 1. The van der Waals surface area contributed by atoms with E-state index >= 15 is 0 Å². The molecule has 0 aliphatic carbocycles. The Morgan fingerprint density at radius 1 is 1.21 bits per heavy atom. The summed E-state index contributed by atoms with van der Waals surface area (Å²) in [5, 5.41) is 8.53. The molecule has 1 heterocycles. The minimum Gasteiger partial charge on any atom is -0.225 e. The lowest BCUT2D eigenvalue weighted by Crippen LogP contribution is -2.12. The van der Waals surface area contributed by atoms with Gasteiger partial charge in [0.2, 0.25) is 10.0 Å². The van der Waals surface area contributed by atoms with E-state index in [1.54, 1.807) is 0 Å². The second-order valence-electron chi connectivity index (χ2n) is 5.73. The predicted molar refractivity (Wildman–Crippen MR) is 80.9 cm³/mol. The highest BCUT2D eigenvalue weighted by atomic mass is 32.2. The molecule has 0 amide bonds. The third-order valence-corrected chi connectivity index (χ3v) is 4.21. The van der Waals surface area contributed by atoms with E-state index in [0.717, 1.165) is 4.68 Å². The van der Waals surface area contributed by atoms with Gasteiger partial charge in [0.25, 0.3) is 5.82 Å². The summed E-state index contributed by atoms with van der Waals surface area (Å²) in [4.78, 5) is 3.45. The van der Waals surface area contributed by atoms with E-state index in [4.69, 9.17) is 5.14 Å². The monoisotopic (exact) mass is 362 g/mol. The molecule has 1 aromatic carbocycles. The van der Waals surface area contributed by atoms with E-state index in [0.29, 0.717) is 12.8 Å². The van der Waals surface area contributed by atoms with Crippen LogP contribution in [0.3, 0.4) is 0 Å². The number of aryl methyl sites for hydroxylation is 1. The number of rotatable bonds is 5. The Labute approximate surface area is 137 Å². The Hall–Kier alpha value is -1.94. The number of aromatic nitrogens is 3. The summed E-state index contributed by atoms with van der Waals surface area (Å²) in [5.41, 5.74) is 0.282. The first-order valence-corrected chi connectivity index (χ1v) is 8.69. The van der Waals surface area contributed by atoms with Crippen LogP contribution >= 0.6 is 0 Å². The van der Waals surface area contributed by atoms with Crippen molar-refractivity contribution >= 4 is 10.0 Å². The van der Waals surface area contributed by atoms with Crippen molar-refractivity contribution in [3.8, 4) is 5.69 Å². The zero-order chi connectivity index (χ0) is 18.1. The molecule has 0 spiro atoms. The molecule has 24 heavy (non-hydrogen) atoms. The molecule has 1 aromatic heterocycles. The Morgan fingerprint density at radius 3 is 2.25 bits per heavy atom. The molecule has 0 fully saturated rings. The van der Waals surface area contributed by atoms with Gasteiger partial charge in [-0.1, -0.05) is 13.8 Å². The maximum absolute atomic E-state index is 12.9. The van der Waals surface area contributed by atoms with Crippen molar-refractivity contribution in [1.29, 1.82) is 0 Å². The number of benzene rings is 1. The lowest BCUT2D eigenvalue weighted by Gasteiger charge is -2.08. The van der Waals surface area contributed by atoms with E-state index in [-0.39, 0.29) is 22.3 Å². The van der Waals surface area contributed by atoms with Gasteiger partial charge >= 0.3 is 6.18 Å². The largest absolute Gasteiger partial charge is 0.453 e. The lowest BCUT2D eigenvalue weighted by atomic mass is 10.1. The summed E-state index contributed by atoms with van der Waals surface area (Å²) in [5.74, 6) is -0.773. The van der Waals surface area contributed by atoms with Crippen molar-refractivity contribution in [2.45, 2.75) is 37.8 Å². The van der Waals surface area contributed by atoms with Crippen LogP contribution in [-0.2, 0) is 22.6 Å². The van der Waals surface area contributed by atoms with Crippen LogP contribution in [0.5, 0.6) is 0 Å². The van der Waals surface area contributed by atoms with Crippen LogP contribution in [0.15, 0.2) is 29.2 Å². The summed E-state index contributed by atoms with van der Waals surface area (Å²) in [6.45, 7) is 3.90. The van der Waals surface area contributed by atoms with Crippen LogP contribution in [0.1, 0.15) is 31.9 Å². The minimum atomic E-state index is -4.65. The summed E-state index contributed by atoms with van der Waals surface area (Å²) in [7, 11) is -3.88. The number of primary sulfonamides is 1. The lowest BCUT2D eigenvalue weighted by molar-refractivity contribution is -0.144. The molecule has 10 heteroatoms. The molecule has 0 aliphatic heterocycles. The first kappa shape index (κ1) is 18.4. The minimum absolute atomic E-state index is 0.133. The molecule has 2 rings (SSSR count). The zero-order valence-corrected chi connectivity index (χ0v) is 13.9. The summed E-state index contributed by atoms with van der Waals surface area (Å²) >= 11 is 0. The standard InChI is InChI=1S/C14H17F3N4O2S/c1-9(2)3-8-12-19-13(14(15,16)17)20-21(12)10-4-6-11(7-5-10)24(18,22)23/h4-7,9H,3,8H2,1-2H3,(H2,18,22,23). The van der Waals surface area contributed by atoms with Crippen molar-refractivity contribution < 1.29 is 21.6 Å². The van der Waals surface area contributed by atoms with E-state index in [1.807, 2.05) is 13.8 Å². The molecule has 6 nitrogen and oxygen atoms in total. The Balaban J connectivity index is 2.45. The van der Waals surface area contributed by atoms with Crippen molar-refractivity contribution in [2.24, 2.45) is 11.1 Å². The van der Waals surface area contributed by atoms with Gasteiger partial charge in [0.05, 0.1) is 10.6 Å². The van der Waals surface area contributed by atoms with Gasteiger partial charge < -0.3 is 0 Å². The Morgan fingerprint density at radius 2 is 1.79 bits per heavy atom. The molecule has 0 unspecified atom stereocenters. The molecule has 0 radical (unpaired) electrons. The highest BCUT2D eigenvalue weighted by Crippen LogP contribution is 2.28. The number of halogens is 3. The first-order chi connectivity index (χ1) is 11.0. The molecular weight excluding hydrogens is 345 g/mol. The van der Waals surface area contributed by atoms with Gasteiger partial charge in [0.1, 0.15) is 5.82 Å². The maximum atomic E-state index is 12.9. The molecule has 2 aromatic rings. The average molecular weight is 362 g/mol.